The monoisotopic (exact) mass is 442 g/mol. The number of halogens is 5. The lowest BCUT2D eigenvalue weighted by molar-refractivity contribution is -0.138. The van der Waals surface area contributed by atoms with Gasteiger partial charge < -0.3 is 5.32 Å². The molecular weight excluding hydrogens is 423 g/mol. The number of hydrogen-bond donors (Lipinski definition) is 2. The van der Waals surface area contributed by atoms with Crippen LogP contribution in [-0.2, 0) is 24.8 Å². The summed E-state index contributed by atoms with van der Waals surface area (Å²) in [6.45, 7) is 3.73. The molecule has 3 saturated carbocycles. The standard InChI is InChI=1S/C13H19F5N2O5S2/c1-11(2)8-4-3-7(9(11)5-8)6-19-10(21)12(14,15)26(22,23)20-27(24,25)13(16,17)18/h7-9,20H,3-6H2,1-2H3,(H,19,21). The fourth-order valence-electron chi connectivity index (χ4n) is 3.90. The molecule has 3 fully saturated rings. The first kappa shape index (κ1) is 22.3. The predicted molar refractivity (Wildman–Crippen MR) is 83.1 cm³/mol. The van der Waals surface area contributed by atoms with Gasteiger partial charge in [0.25, 0.3) is 0 Å². The quantitative estimate of drug-likeness (QED) is 0.607. The van der Waals surface area contributed by atoms with Crippen molar-refractivity contribution in [2.75, 3.05) is 6.54 Å². The minimum atomic E-state index is -6.62. The highest BCUT2D eigenvalue weighted by Gasteiger charge is 2.59. The molecule has 0 spiro atoms. The fraction of sp³-hybridized carbons (Fsp3) is 0.923. The van der Waals surface area contributed by atoms with Crippen molar-refractivity contribution in [2.45, 2.75) is 43.9 Å². The molecule has 0 saturated heterocycles. The van der Waals surface area contributed by atoms with Gasteiger partial charge in [-0.25, -0.2) is 16.8 Å². The molecule has 3 atom stereocenters. The molecule has 158 valence electrons. The van der Waals surface area contributed by atoms with Crippen LogP contribution in [0.3, 0.4) is 0 Å². The Morgan fingerprint density at radius 1 is 1.04 bits per heavy atom. The molecule has 0 aromatic rings. The molecule has 0 aromatic heterocycles. The minimum Gasteiger partial charge on any atom is -0.350 e. The number of rotatable bonds is 6. The van der Waals surface area contributed by atoms with Gasteiger partial charge in [-0.2, -0.15) is 22.0 Å². The fourth-order valence-corrected chi connectivity index (χ4v) is 6.17. The van der Waals surface area contributed by atoms with Gasteiger partial charge in [0.15, 0.2) is 0 Å². The summed E-state index contributed by atoms with van der Waals surface area (Å²) in [5.74, 6) is -1.93. The third-order valence-electron chi connectivity index (χ3n) is 5.65. The molecule has 7 nitrogen and oxygen atoms in total. The predicted octanol–water partition coefficient (Wildman–Crippen LogP) is 1.54. The lowest BCUT2D eigenvalue weighted by atomic mass is 9.45. The van der Waals surface area contributed by atoms with E-state index in [0.717, 1.165) is 12.8 Å². The van der Waals surface area contributed by atoms with E-state index < -0.39 is 36.7 Å². The molecule has 0 heterocycles. The molecule has 3 aliphatic rings. The van der Waals surface area contributed by atoms with Gasteiger partial charge in [-0.3, -0.25) is 4.79 Å². The molecule has 3 unspecified atom stereocenters. The lowest BCUT2D eigenvalue weighted by Gasteiger charge is -2.60. The van der Waals surface area contributed by atoms with Crippen molar-refractivity contribution >= 4 is 26.0 Å². The van der Waals surface area contributed by atoms with Crippen LogP contribution >= 0.6 is 0 Å². The zero-order valence-electron chi connectivity index (χ0n) is 14.3. The minimum absolute atomic E-state index is 0.0371. The highest BCUT2D eigenvalue weighted by Crippen LogP contribution is 2.61. The zero-order chi connectivity index (χ0) is 21.1. The number of carbonyl (C=O) groups is 1. The van der Waals surface area contributed by atoms with Crippen LogP contribution in [0.15, 0.2) is 0 Å². The maximum absolute atomic E-state index is 13.8. The van der Waals surface area contributed by atoms with Crippen molar-refractivity contribution in [2.24, 2.45) is 23.2 Å². The Bertz CT molecular complexity index is 821. The average molecular weight is 442 g/mol. The van der Waals surface area contributed by atoms with Gasteiger partial charge >= 0.3 is 36.7 Å². The zero-order valence-corrected chi connectivity index (χ0v) is 15.9. The van der Waals surface area contributed by atoms with Gasteiger partial charge in [-0.05, 0) is 42.4 Å². The first-order chi connectivity index (χ1) is 11.9. The van der Waals surface area contributed by atoms with Crippen LogP contribution in [0.25, 0.3) is 0 Å². The smallest absolute Gasteiger partial charge is 0.350 e. The summed E-state index contributed by atoms with van der Waals surface area (Å²) in [5.41, 5.74) is -6.17. The average Bonchev–Trinajstić information content (AvgIpc) is 2.50. The van der Waals surface area contributed by atoms with E-state index in [1.807, 2.05) is 13.8 Å². The van der Waals surface area contributed by atoms with Crippen LogP contribution in [0.1, 0.15) is 33.1 Å². The third kappa shape index (κ3) is 3.79. The highest BCUT2D eigenvalue weighted by atomic mass is 32.3. The summed E-state index contributed by atoms with van der Waals surface area (Å²) in [4.78, 5) is 11.6. The van der Waals surface area contributed by atoms with Crippen molar-refractivity contribution in [1.29, 1.82) is 0 Å². The second-order valence-electron chi connectivity index (χ2n) is 7.46. The number of fused-ring (bicyclic) bond motifs is 2. The summed E-state index contributed by atoms with van der Waals surface area (Å²) in [7, 11) is -13.1. The summed E-state index contributed by atoms with van der Waals surface area (Å²) >= 11 is 0. The number of amides is 1. The summed E-state index contributed by atoms with van der Waals surface area (Å²) in [6, 6.07) is 0. The van der Waals surface area contributed by atoms with E-state index in [9.17, 15) is 43.6 Å². The summed E-state index contributed by atoms with van der Waals surface area (Å²) in [6.07, 6.45) is 2.32. The first-order valence-electron chi connectivity index (χ1n) is 7.94. The Morgan fingerprint density at radius 2 is 1.59 bits per heavy atom. The van der Waals surface area contributed by atoms with Crippen molar-refractivity contribution in [3.63, 3.8) is 0 Å². The highest BCUT2D eigenvalue weighted by molar-refractivity contribution is 8.05. The van der Waals surface area contributed by atoms with E-state index in [2.05, 4.69) is 0 Å². The van der Waals surface area contributed by atoms with Crippen molar-refractivity contribution in [1.82, 2.24) is 9.44 Å². The van der Waals surface area contributed by atoms with Crippen LogP contribution in [0.2, 0.25) is 0 Å². The molecule has 3 rings (SSSR count). The van der Waals surface area contributed by atoms with E-state index in [1.165, 1.54) is 0 Å². The van der Waals surface area contributed by atoms with E-state index in [1.54, 1.807) is 5.32 Å². The number of alkyl halides is 5. The van der Waals surface area contributed by atoms with E-state index in [0.29, 0.717) is 12.3 Å². The molecule has 14 heteroatoms. The van der Waals surface area contributed by atoms with Crippen LogP contribution in [0.4, 0.5) is 22.0 Å². The van der Waals surface area contributed by atoms with Crippen LogP contribution in [0, 0.1) is 23.2 Å². The maximum atomic E-state index is 13.8. The molecule has 2 N–H and O–H groups in total. The molecule has 0 aliphatic heterocycles. The Morgan fingerprint density at radius 3 is 2.04 bits per heavy atom. The van der Waals surface area contributed by atoms with Crippen molar-refractivity contribution in [3.8, 4) is 0 Å². The molecule has 2 bridgehead atoms. The maximum Gasteiger partial charge on any atom is 0.512 e. The molecule has 0 aromatic carbocycles. The van der Waals surface area contributed by atoms with Gasteiger partial charge in [-0.15, -0.1) is 0 Å². The Kier molecular flexibility index (Phi) is 5.37. The van der Waals surface area contributed by atoms with Crippen LogP contribution in [0.5, 0.6) is 0 Å². The Hall–Kier alpha value is -1.02. The summed E-state index contributed by atoms with van der Waals surface area (Å²) < 4.78 is 108. The van der Waals surface area contributed by atoms with Gasteiger partial charge in [0.05, 0.1) is 0 Å². The third-order valence-corrected chi connectivity index (χ3v) is 8.88. The number of carbonyl (C=O) groups excluding carboxylic acids is 1. The van der Waals surface area contributed by atoms with Crippen molar-refractivity contribution < 1.29 is 43.6 Å². The molecule has 3 aliphatic carbocycles. The molecule has 1 amide bonds. The van der Waals surface area contributed by atoms with E-state index in [-0.39, 0.29) is 27.9 Å². The van der Waals surface area contributed by atoms with Crippen LogP contribution in [-0.4, -0.2) is 40.1 Å². The number of hydrogen-bond acceptors (Lipinski definition) is 5. The largest absolute Gasteiger partial charge is 0.512 e. The van der Waals surface area contributed by atoms with Gasteiger partial charge in [0.2, 0.25) is 0 Å². The molecular formula is C13H19F5N2O5S2. The number of sulfonamides is 2. The molecule has 27 heavy (non-hydrogen) atoms. The normalized spacial score (nSPS) is 28.3. The van der Waals surface area contributed by atoms with Crippen molar-refractivity contribution in [3.05, 3.63) is 0 Å². The van der Waals surface area contributed by atoms with E-state index >= 15 is 0 Å². The van der Waals surface area contributed by atoms with E-state index in [4.69, 9.17) is 0 Å². The van der Waals surface area contributed by atoms with Gasteiger partial charge in [0, 0.05) is 6.54 Å². The SMILES string of the molecule is CC1(C)C2CCC(CNC(=O)C(F)(F)S(=O)(=O)NS(=O)(=O)C(F)(F)F)C1C2. The lowest BCUT2D eigenvalue weighted by Crippen LogP contribution is -2.57. The van der Waals surface area contributed by atoms with Gasteiger partial charge in [0.1, 0.15) is 0 Å². The van der Waals surface area contributed by atoms with Crippen LogP contribution < -0.4 is 9.44 Å². The summed E-state index contributed by atoms with van der Waals surface area (Å²) in [5, 5.41) is -3.67. The topological polar surface area (TPSA) is 109 Å². The second-order valence-corrected chi connectivity index (χ2v) is 11.1. The Balaban J connectivity index is 2.06. The Labute approximate surface area is 153 Å². The van der Waals surface area contributed by atoms with Gasteiger partial charge in [-0.1, -0.05) is 18.0 Å². The molecule has 0 radical (unpaired) electrons. The number of nitrogens with one attached hydrogen (secondary N) is 2. The second kappa shape index (κ2) is 6.51. The first-order valence-corrected chi connectivity index (χ1v) is 10.9.